The Labute approximate surface area is 122 Å². The molecule has 0 saturated carbocycles. The number of carbonyl (C=O) groups is 1. The molecule has 8 nitrogen and oxygen atoms in total. The van der Waals surface area contributed by atoms with Gasteiger partial charge in [0.25, 0.3) is 5.69 Å². The lowest BCUT2D eigenvalue weighted by Gasteiger charge is -2.18. The molecule has 1 aliphatic rings. The van der Waals surface area contributed by atoms with Gasteiger partial charge in [0.2, 0.25) is 5.91 Å². The fourth-order valence-electron chi connectivity index (χ4n) is 2.30. The maximum absolute atomic E-state index is 11.9. The second-order valence-electron chi connectivity index (χ2n) is 5.31. The predicted molar refractivity (Wildman–Crippen MR) is 77.8 cm³/mol. The van der Waals surface area contributed by atoms with E-state index in [0.29, 0.717) is 25.3 Å². The van der Waals surface area contributed by atoms with Gasteiger partial charge in [0.05, 0.1) is 4.92 Å². The highest BCUT2D eigenvalue weighted by atomic mass is 16.6. The third-order valence-corrected chi connectivity index (χ3v) is 3.35. The molecule has 2 heterocycles. The second kappa shape index (κ2) is 6.49. The Morgan fingerprint density at radius 3 is 3.00 bits per heavy atom. The highest BCUT2D eigenvalue weighted by Gasteiger charge is 2.26. The molecule has 0 spiro atoms. The van der Waals surface area contributed by atoms with Gasteiger partial charge in [0.15, 0.2) is 0 Å². The zero-order chi connectivity index (χ0) is 15.4. The molecule has 2 rings (SSSR count). The summed E-state index contributed by atoms with van der Waals surface area (Å²) in [6.07, 6.45) is 2.39. The van der Waals surface area contributed by atoms with Crippen LogP contribution < -0.4 is 11.1 Å². The van der Waals surface area contributed by atoms with Crippen LogP contribution in [-0.2, 0) is 4.79 Å². The van der Waals surface area contributed by atoms with Crippen LogP contribution in [0.5, 0.6) is 0 Å². The molecule has 1 aliphatic heterocycles. The Morgan fingerprint density at radius 1 is 1.67 bits per heavy atom. The van der Waals surface area contributed by atoms with Gasteiger partial charge in [-0.15, -0.1) is 0 Å². The van der Waals surface area contributed by atoms with E-state index < -0.39 is 4.92 Å². The van der Waals surface area contributed by atoms with Crippen molar-refractivity contribution in [3.63, 3.8) is 0 Å². The van der Waals surface area contributed by atoms with Crippen molar-refractivity contribution in [3.8, 4) is 0 Å². The number of aromatic nitrogens is 1. The summed E-state index contributed by atoms with van der Waals surface area (Å²) < 4.78 is 0. The standard InChI is InChI=1S/C13H19N5O3/c1-9(14)6-13(19)17-5-4-10(8-17)16-12-3-2-11(7-15-12)18(20)21/h2-3,7,9-10H,4-6,8,14H2,1H3,(H,15,16). The number of pyridine rings is 1. The number of carbonyl (C=O) groups excluding carboxylic acids is 1. The van der Waals surface area contributed by atoms with Crippen LogP contribution in [0.25, 0.3) is 0 Å². The Hall–Kier alpha value is -2.22. The third kappa shape index (κ3) is 4.12. The summed E-state index contributed by atoms with van der Waals surface area (Å²) in [7, 11) is 0. The van der Waals surface area contributed by atoms with E-state index in [0.717, 1.165) is 6.42 Å². The second-order valence-corrected chi connectivity index (χ2v) is 5.31. The molecule has 21 heavy (non-hydrogen) atoms. The fourth-order valence-corrected chi connectivity index (χ4v) is 2.30. The van der Waals surface area contributed by atoms with Crippen LogP contribution in [0.3, 0.4) is 0 Å². The molecule has 114 valence electrons. The van der Waals surface area contributed by atoms with Crippen LogP contribution in [0.2, 0.25) is 0 Å². The summed E-state index contributed by atoms with van der Waals surface area (Å²) in [5.74, 6) is 0.637. The smallest absolute Gasteiger partial charge is 0.287 e. The average Bonchev–Trinajstić information content (AvgIpc) is 2.87. The fraction of sp³-hybridized carbons (Fsp3) is 0.538. The van der Waals surface area contributed by atoms with Gasteiger partial charge in [-0.3, -0.25) is 14.9 Å². The Balaban J connectivity index is 1.87. The zero-order valence-corrected chi connectivity index (χ0v) is 11.9. The van der Waals surface area contributed by atoms with Crippen molar-refractivity contribution in [1.82, 2.24) is 9.88 Å². The van der Waals surface area contributed by atoms with Crippen molar-refractivity contribution < 1.29 is 9.72 Å². The SMILES string of the molecule is CC(N)CC(=O)N1CCC(Nc2ccc([N+](=O)[O-])cn2)C1. The van der Waals surface area contributed by atoms with Crippen LogP contribution in [-0.4, -0.2) is 45.9 Å². The maximum Gasteiger partial charge on any atom is 0.287 e. The molecule has 1 amide bonds. The summed E-state index contributed by atoms with van der Waals surface area (Å²) in [4.78, 5) is 27.8. The molecule has 0 bridgehead atoms. The number of hydrogen-bond acceptors (Lipinski definition) is 6. The van der Waals surface area contributed by atoms with Crippen LogP contribution in [0.1, 0.15) is 19.8 Å². The van der Waals surface area contributed by atoms with Gasteiger partial charge in [0.1, 0.15) is 12.0 Å². The lowest BCUT2D eigenvalue weighted by atomic mass is 10.2. The molecule has 2 atom stereocenters. The van der Waals surface area contributed by atoms with E-state index in [1.54, 1.807) is 11.0 Å². The minimum Gasteiger partial charge on any atom is -0.365 e. The first-order valence-corrected chi connectivity index (χ1v) is 6.86. The number of hydrogen-bond donors (Lipinski definition) is 2. The Morgan fingerprint density at radius 2 is 2.43 bits per heavy atom. The van der Waals surface area contributed by atoms with Gasteiger partial charge in [-0.2, -0.15) is 0 Å². The van der Waals surface area contributed by atoms with Gasteiger partial charge < -0.3 is 16.0 Å². The first kappa shape index (κ1) is 15.2. The highest BCUT2D eigenvalue weighted by molar-refractivity contribution is 5.77. The zero-order valence-electron chi connectivity index (χ0n) is 11.9. The minimum absolute atomic E-state index is 0.0410. The Bertz CT molecular complexity index is 517. The molecule has 0 aromatic carbocycles. The lowest BCUT2D eigenvalue weighted by Crippen LogP contribution is -2.35. The van der Waals surface area contributed by atoms with Crippen molar-refractivity contribution in [1.29, 1.82) is 0 Å². The molecular formula is C13H19N5O3. The van der Waals surface area contributed by atoms with E-state index >= 15 is 0 Å². The summed E-state index contributed by atoms with van der Waals surface area (Å²) in [5, 5.41) is 13.7. The average molecular weight is 293 g/mol. The van der Waals surface area contributed by atoms with Crippen LogP contribution in [0.4, 0.5) is 11.5 Å². The van der Waals surface area contributed by atoms with E-state index in [1.165, 1.54) is 12.3 Å². The number of nitro groups is 1. The lowest BCUT2D eigenvalue weighted by molar-refractivity contribution is -0.385. The molecule has 1 aromatic heterocycles. The molecule has 3 N–H and O–H groups in total. The first-order chi connectivity index (χ1) is 9.95. The first-order valence-electron chi connectivity index (χ1n) is 6.86. The van der Waals surface area contributed by atoms with E-state index in [4.69, 9.17) is 5.73 Å². The van der Waals surface area contributed by atoms with Gasteiger partial charge >= 0.3 is 0 Å². The molecular weight excluding hydrogens is 274 g/mol. The van der Waals surface area contributed by atoms with E-state index in [2.05, 4.69) is 10.3 Å². The number of likely N-dealkylation sites (tertiary alicyclic amines) is 1. The van der Waals surface area contributed by atoms with Gasteiger partial charge in [0, 0.05) is 37.7 Å². The number of nitrogens with zero attached hydrogens (tertiary/aromatic N) is 3. The maximum atomic E-state index is 11.9. The topological polar surface area (TPSA) is 114 Å². The van der Waals surface area contributed by atoms with Crippen LogP contribution in [0.15, 0.2) is 18.3 Å². The summed E-state index contributed by atoms with van der Waals surface area (Å²) >= 11 is 0. The largest absolute Gasteiger partial charge is 0.365 e. The molecule has 1 fully saturated rings. The van der Waals surface area contributed by atoms with Crippen molar-refractivity contribution in [3.05, 3.63) is 28.4 Å². The molecule has 0 radical (unpaired) electrons. The number of amides is 1. The van der Waals surface area contributed by atoms with E-state index in [1.807, 2.05) is 6.92 Å². The molecule has 1 saturated heterocycles. The van der Waals surface area contributed by atoms with Gasteiger partial charge in [-0.05, 0) is 19.4 Å². The van der Waals surface area contributed by atoms with Crippen molar-refractivity contribution >= 4 is 17.4 Å². The molecule has 1 aromatic rings. The number of nitrogens with one attached hydrogen (secondary N) is 1. The van der Waals surface area contributed by atoms with Crippen LogP contribution in [0, 0.1) is 10.1 Å². The summed E-state index contributed by atoms with van der Waals surface area (Å²) in [6, 6.07) is 2.95. The summed E-state index contributed by atoms with van der Waals surface area (Å²) in [6.45, 7) is 3.10. The summed E-state index contributed by atoms with van der Waals surface area (Å²) in [5.41, 5.74) is 5.59. The number of nitrogens with two attached hydrogens (primary N) is 1. The van der Waals surface area contributed by atoms with Gasteiger partial charge in [-0.25, -0.2) is 4.98 Å². The molecule has 2 unspecified atom stereocenters. The van der Waals surface area contributed by atoms with Gasteiger partial charge in [-0.1, -0.05) is 0 Å². The van der Waals surface area contributed by atoms with Crippen LogP contribution >= 0.6 is 0 Å². The van der Waals surface area contributed by atoms with Crippen molar-refractivity contribution in [2.24, 2.45) is 5.73 Å². The van der Waals surface area contributed by atoms with E-state index in [-0.39, 0.29) is 23.7 Å². The Kier molecular flexibility index (Phi) is 4.69. The molecule has 0 aliphatic carbocycles. The van der Waals surface area contributed by atoms with Crippen molar-refractivity contribution in [2.45, 2.75) is 31.8 Å². The van der Waals surface area contributed by atoms with E-state index in [9.17, 15) is 14.9 Å². The van der Waals surface area contributed by atoms with Crippen molar-refractivity contribution in [2.75, 3.05) is 18.4 Å². The molecule has 8 heteroatoms. The quantitative estimate of drug-likeness (QED) is 0.611. The highest BCUT2D eigenvalue weighted by Crippen LogP contribution is 2.17. The number of anilines is 1. The minimum atomic E-state index is -0.485. The monoisotopic (exact) mass is 293 g/mol. The normalized spacial score (nSPS) is 19.3. The predicted octanol–water partition coefficient (Wildman–Crippen LogP) is 0.740. The number of rotatable bonds is 5. The third-order valence-electron chi connectivity index (χ3n) is 3.35.